The molecule has 0 aliphatic rings. The first-order chi connectivity index (χ1) is 10.1. The molecule has 120 valence electrons. The molecule has 0 spiro atoms. The molecular formula is C20H34O. The smallest absolute Gasteiger partial charge is 0.121 e. The average Bonchev–Trinajstić information content (AvgIpc) is 2.46. The van der Waals surface area contributed by atoms with Crippen LogP contribution in [0, 0.1) is 13.8 Å². The zero-order valence-corrected chi connectivity index (χ0v) is 14.4. The van der Waals surface area contributed by atoms with Gasteiger partial charge in [-0.05, 0) is 43.4 Å². The lowest BCUT2D eigenvalue weighted by Crippen LogP contribution is -1.90. The number of benzene rings is 1. The third-order valence-electron chi connectivity index (χ3n) is 4.37. The Bertz CT molecular complexity index is 372. The molecule has 1 heteroatoms. The molecule has 0 aliphatic carbocycles. The first kappa shape index (κ1) is 18.1. The van der Waals surface area contributed by atoms with Crippen LogP contribution in [0.15, 0.2) is 12.1 Å². The van der Waals surface area contributed by atoms with Gasteiger partial charge in [0.2, 0.25) is 0 Å². The van der Waals surface area contributed by atoms with Crippen LogP contribution in [0.4, 0.5) is 0 Å². The summed E-state index contributed by atoms with van der Waals surface area (Å²) in [6, 6.07) is 4.27. The minimum Gasteiger partial charge on any atom is -0.507 e. The van der Waals surface area contributed by atoms with Crippen LogP contribution in [0.25, 0.3) is 0 Å². The molecule has 0 aromatic heterocycles. The third kappa shape index (κ3) is 7.55. The lowest BCUT2D eigenvalue weighted by Gasteiger charge is -2.08. The molecule has 21 heavy (non-hydrogen) atoms. The number of hydrogen-bond acceptors (Lipinski definition) is 1. The predicted molar refractivity (Wildman–Crippen MR) is 93.1 cm³/mol. The molecule has 0 aliphatic heterocycles. The molecule has 1 rings (SSSR count). The summed E-state index contributed by atoms with van der Waals surface area (Å²) in [5, 5.41) is 9.78. The molecule has 0 atom stereocenters. The van der Waals surface area contributed by atoms with Crippen molar-refractivity contribution in [3.8, 4) is 5.75 Å². The maximum Gasteiger partial charge on any atom is 0.121 e. The number of aryl methyl sites for hydroxylation is 3. The molecule has 0 amide bonds. The molecule has 0 heterocycles. The second-order valence-corrected chi connectivity index (χ2v) is 6.51. The van der Waals surface area contributed by atoms with Crippen molar-refractivity contribution < 1.29 is 5.11 Å². The Balaban J connectivity index is 2.04. The van der Waals surface area contributed by atoms with E-state index < -0.39 is 0 Å². The SMILES string of the molecule is CCCCCCCCCCCCc1cc(C)c(O)c(C)c1. The van der Waals surface area contributed by atoms with E-state index in [1.54, 1.807) is 0 Å². The zero-order valence-electron chi connectivity index (χ0n) is 14.4. The van der Waals surface area contributed by atoms with Crippen molar-refractivity contribution in [1.29, 1.82) is 0 Å². The Morgan fingerprint density at radius 3 is 1.62 bits per heavy atom. The average molecular weight is 290 g/mol. The fourth-order valence-corrected chi connectivity index (χ4v) is 3.01. The molecule has 0 bridgehead atoms. The van der Waals surface area contributed by atoms with Crippen molar-refractivity contribution in [1.82, 2.24) is 0 Å². The Morgan fingerprint density at radius 1 is 0.714 bits per heavy atom. The van der Waals surface area contributed by atoms with E-state index in [0.29, 0.717) is 5.75 Å². The van der Waals surface area contributed by atoms with Gasteiger partial charge in [0.05, 0.1) is 0 Å². The van der Waals surface area contributed by atoms with Gasteiger partial charge in [0, 0.05) is 0 Å². The second-order valence-electron chi connectivity index (χ2n) is 6.51. The number of hydrogen-bond donors (Lipinski definition) is 1. The quantitative estimate of drug-likeness (QED) is 0.463. The molecule has 0 fully saturated rings. The number of phenolic OH excluding ortho intramolecular Hbond substituents is 1. The van der Waals surface area contributed by atoms with E-state index in [9.17, 15) is 5.11 Å². The summed E-state index contributed by atoms with van der Waals surface area (Å²) in [7, 11) is 0. The summed E-state index contributed by atoms with van der Waals surface area (Å²) in [4.78, 5) is 0. The van der Waals surface area contributed by atoms with Crippen LogP contribution >= 0.6 is 0 Å². The van der Waals surface area contributed by atoms with Gasteiger partial charge in [-0.3, -0.25) is 0 Å². The number of aromatic hydroxyl groups is 1. The van der Waals surface area contributed by atoms with E-state index in [1.165, 1.54) is 69.8 Å². The van der Waals surface area contributed by atoms with Crippen LogP contribution in [0.5, 0.6) is 5.75 Å². The topological polar surface area (TPSA) is 20.2 Å². The molecule has 1 nitrogen and oxygen atoms in total. The maximum atomic E-state index is 9.78. The van der Waals surface area contributed by atoms with Gasteiger partial charge in [-0.1, -0.05) is 76.8 Å². The van der Waals surface area contributed by atoms with E-state index in [1.807, 2.05) is 13.8 Å². The van der Waals surface area contributed by atoms with Gasteiger partial charge >= 0.3 is 0 Å². The van der Waals surface area contributed by atoms with Crippen LogP contribution in [0.2, 0.25) is 0 Å². The molecule has 1 aromatic carbocycles. The first-order valence-corrected chi connectivity index (χ1v) is 8.94. The van der Waals surface area contributed by atoms with Gasteiger partial charge < -0.3 is 5.11 Å². The van der Waals surface area contributed by atoms with Crippen LogP contribution in [0.3, 0.4) is 0 Å². The fourth-order valence-electron chi connectivity index (χ4n) is 3.01. The van der Waals surface area contributed by atoms with Gasteiger partial charge in [0.25, 0.3) is 0 Å². The van der Waals surface area contributed by atoms with Crippen molar-refractivity contribution in [2.24, 2.45) is 0 Å². The largest absolute Gasteiger partial charge is 0.507 e. The van der Waals surface area contributed by atoms with Gasteiger partial charge in [-0.15, -0.1) is 0 Å². The highest BCUT2D eigenvalue weighted by Gasteiger charge is 2.03. The highest BCUT2D eigenvalue weighted by molar-refractivity contribution is 5.42. The normalized spacial score (nSPS) is 11.0. The molecular weight excluding hydrogens is 256 g/mol. The van der Waals surface area contributed by atoms with E-state index >= 15 is 0 Å². The van der Waals surface area contributed by atoms with E-state index in [4.69, 9.17) is 0 Å². The van der Waals surface area contributed by atoms with Crippen molar-refractivity contribution in [3.05, 3.63) is 28.8 Å². The van der Waals surface area contributed by atoms with Crippen LogP contribution in [-0.2, 0) is 6.42 Å². The Kier molecular flexibility index (Phi) is 9.21. The predicted octanol–water partition coefficient (Wildman–Crippen LogP) is 6.47. The standard InChI is InChI=1S/C20H34O/c1-4-5-6-7-8-9-10-11-12-13-14-19-15-17(2)20(21)18(3)16-19/h15-16,21H,4-14H2,1-3H3. The highest BCUT2D eigenvalue weighted by atomic mass is 16.3. The maximum absolute atomic E-state index is 9.78. The zero-order chi connectivity index (χ0) is 15.5. The second kappa shape index (κ2) is 10.7. The molecule has 0 unspecified atom stereocenters. The lowest BCUT2D eigenvalue weighted by atomic mass is 10.00. The minimum atomic E-state index is 0.460. The Hall–Kier alpha value is -0.980. The van der Waals surface area contributed by atoms with Crippen molar-refractivity contribution in [2.75, 3.05) is 0 Å². The fraction of sp³-hybridized carbons (Fsp3) is 0.700. The van der Waals surface area contributed by atoms with Gasteiger partial charge in [0.15, 0.2) is 0 Å². The van der Waals surface area contributed by atoms with Gasteiger partial charge in [0.1, 0.15) is 5.75 Å². The summed E-state index contributed by atoms with van der Waals surface area (Å²) in [5.41, 5.74) is 3.40. The first-order valence-electron chi connectivity index (χ1n) is 8.94. The summed E-state index contributed by atoms with van der Waals surface area (Å²) >= 11 is 0. The molecule has 1 N–H and O–H groups in total. The Labute approximate surface area is 131 Å². The van der Waals surface area contributed by atoms with Gasteiger partial charge in [-0.2, -0.15) is 0 Å². The summed E-state index contributed by atoms with van der Waals surface area (Å²) in [5.74, 6) is 0.460. The number of phenols is 1. The summed E-state index contributed by atoms with van der Waals surface area (Å²) in [6.45, 7) is 6.26. The lowest BCUT2D eigenvalue weighted by molar-refractivity contribution is 0.466. The van der Waals surface area contributed by atoms with E-state index in [0.717, 1.165) is 17.5 Å². The van der Waals surface area contributed by atoms with Crippen LogP contribution < -0.4 is 0 Å². The van der Waals surface area contributed by atoms with E-state index in [-0.39, 0.29) is 0 Å². The summed E-state index contributed by atoms with van der Waals surface area (Å²) < 4.78 is 0. The van der Waals surface area contributed by atoms with Crippen LogP contribution in [0.1, 0.15) is 87.8 Å². The minimum absolute atomic E-state index is 0.460. The molecule has 0 saturated heterocycles. The van der Waals surface area contributed by atoms with Gasteiger partial charge in [-0.25, -0.2) is 0 Å². The van der Waals surface area contributed by atoms with Crippen molar-refractivity contribution in [3.63, 3.8) is 0 Å². The Morgan fingerprint density at radius 2 is 1.14 bits per heavy atom. The highest BCUT2D eigenvalue weighted by Crippen LogP contribution is 2.24. The van der Waals surface area contributed by atoms with Crippen LogP contribution in [-0.4, -0.2) is 5.11 Å². The monoisotopic (exact) mass is 290 g/mol. The molecule has 0 saturated carbocycles. The number of rotatable bonds is 11. The number of unbranched alkanes of at least 4 members (excludes halogenated alkanes) is 9. The summed E-state index contributed by atoms with van der Waals surface area (Å²) in [6.07, 6.45) is 15.0. The van der Waals surface area contributed by atoms with Crippen molar-refractivity contribution in [2.45, 2.75) is 91.4 Å². The van der Waals surface area contributed by atoms with Crippen molar-refractivity contribution >= 4 is 0 Å². The molecule has 0 radical (unpaired) electrons. The van der Waals surface area contributed by atoms with E-state index in [2.05, 4.69) is 19.1 Å². The third-order valence-corrected chi connectivity index (χ3v) is 4.37. The molecule has 1 aromatic rings.